The van der Waals surface area contributed by atoms with E-state index in [0.717, 1.165) is 11.3 Å². The molecule has 0 unspecified atom stereocenters. The third-order valence-corrected chi connectivity index (χ3v) is 2.67. The molecular formula is C15H16N2O2. The first-order chi connectivity index (χ1) is 9.16. The van der Waals surface area contributed by atoms with Crippen LogP contribution >= 0.6 is 0 Å². The number of hydrogen-bond acceptors (Lipinski definition) is 3. The Morgan fingerprint density at radius 3 is 2.58 bits per heavy atom. The highest BCUT2D eigenvalue weighted by Crippen LogP contribution is 2.16. The van der Waals surface area contributed by atoms with Gasteiger partial charge in [-0.3, -0.25) is 9.78 Å². The first-order valence-electron chi connectivity index (χ1n) is 6.14. The first-order valence-corrected chi connectivity index (χ1v) is 6.14. The molecule has 1 aromatic heterocycles. The molecule has 4 heteroatoms. The minimum absolute atomic E-state index is 0.187. The van der Waals surface area contributed by atoms with E-state index in [2.05, 4.69) is 10.3 Å². The summed E-state index contributed by atoms with van der Waals surface area (Å²) in [4.78, 5) is 16.0. The first kappa shape index (κ1) is 13.2. The Labute approximate surface area is 112 Å². The Balaban J connectivity index is 2.08. The van der Waals surface area contributed by atoms with Crippen LogP contribution < -0.4 is 5.32 Å². The van der Waals surface area contributed by atoms with Gasteiger partial charge in [0.05, 0.1) is 11.8 Å². The Morgan fingerprint density at radius 1 is 1.26 bits per heavy atom. The second-order valence-corrected chi connectivity index (χ2v) is 4.35. The molecule has 19 heavy (non-hydrogen) atoms. The van der Waals surface area contributed by atoms with Gasteiger partial charge >= 0.3 is 0 Å². The van der Waals surface area contributed by atoms with Crippen LogP contribution in [0.15, 0.2) is 48.7 Å². The Morgan fingerprint density at radius 2 is 2.00 bits per heavy atom. The predicted octanol–water partition coefficient (Wildman–Crippen LogP) is 1.86. The molecule has 0 aliphatic rings. The lowest BCUT2D eigenvalue weighted by atomic mass is 10.1. The van der Waals surface area contributed by atoms with Crippen LogP contribution in [0.3, 0.4) is 0 Å². The molecule has 2 rings (SSSR count). The number of aliphatic hydroxyl groups excluding tert-OH is 1. The van der Waals surface area contributed by atoms with E-state index < -0.39 is 6.10 Å². The summed E-state index contributed by atoms with van der Waals surface area (Å²) in [6.07, 6.45) is 1.19. The summed E-state index contributed by atoms with van der Waals surface area (Å²) in [5.41, 5.74) is 2.41. The smallest absolute Gasteiger partial charge is 0.251 e. The van der Waals surface area contributed by atoms with E-state index >= 15 is 0 Å². The molecule has 0 bridgehead atoms. The number of nitrogens with one attached hydrogen (secondary N) is 1. The number of amides is 1. The molecule has 0 spiro atoms. The third kappa shape index (κ3) is 3.63. The Hall–Kier alpha value is -2.20. The normalized spacial score (nSPS) is 11.9. The summed E-state index contributed by atoms with van der Waals surface area (Å²) < 4.78 is 0. The number of hydrogen-bond donors (Lipinski definition) is 2. The van der Waals surface area contributed by atoms with E-state index in [0.29, 0.717) is 5.56 Å². The maximum atomic E-state index is 11.8. The topological polar surface area (TPSA) is 62.2 Å². The van der Waals surface area contributed by atoms with Gasteiger partial charge in [0.15, 0.2) is 0 Å². The summed E-state index contributed by atoms with van der Waals surface area (Å²) in [5, 5.41) is 11.8. The van der Waals surface area contributed by atoms with Crippen LogP contribution in [0.25, 0.3) is 11.3 Å². The highest BCUT2D eigenvalue weighted by Gasteiger charge is 2.06. The van der Waals surface area contributed by atoms with Crippen molar-refractivity contribution in [3.8, 4) is 11.3 Å². The van der Waals surface area contributed by atoms with Gasteiger partial charge in [-0.15, -0.1) is 0 Å². The highest BCUT2D eigenvalue weighted by atomic mass is 16.3. The van der Waals surface area contributed by atoms with Crippen LogP contribution in [0, 0.1) is 0 Å². The average Bonchev–Trinajstić information content (AvgIpc) is 2.46. The van der Waals surface area contributed by atoms with E-state index in [9.17, 15) is 4.79 Å². The van der Waals surface area contributed by atoms with E-state index in [-0.39, 0.29) is 12.5 Å². The lowest BCUT2D eigenvalue weighted by Gasteiger charge is -2.07. The number of benzene rings is 1. The maximum absolute atomic E-state index is 11.8. The van der Waals surface area contributed by atoms with Crippen molar-refractivity contribution in [1.29, 1.82) is 0 Å². The lowest BCUT2D eigenvalue weighted by molar-refractivity contribution is 0.0924. The molecule has 1 heterocycles. The van der Waals surface area contributed by atoms with Gasteiger partial charge in [-0.1, -0.05) is 18.2 Å². The molecule has 0 saturated heterocycles. The SMILES string of the molecule is C[C@H](O)CNC(=O)c1ccc(-c2ccccn2)cc1. The van der Waals surface area contributed by atoms with Gasteiger partial charge in [-0.25, -0.2) is 0 Å². The fourth-order valence-corrected chi connectivity index (χ4v) is 1.67. The van der Waals surface area contributed by atoms with Crippen molar-refractivity contribution >= 4 is 5.91 Å². The average molecular weight is 256 g/mol. The molecule has 0 aliphatic carbocycles. The highest BCUT2D eigenvalue weighted by molar-refractivity contribution is 5.94. The van der Waals surface area contributed by atoms with Crippen molar-refractivity contribution in [2.45, 2.75) is 13.0 Å². The largest absolute Gasteiger partial charge is 0.392 e. The number of aromatic nitrogens is 1. The van der Waals surface area contributed by atoms with Gasteiger partial charge < -0.3 is 10.4 Å². The lowest BCUT2D eigenvalue weighted by Crippen LogP contribution is -2.30. The van der Waals surface area contributed by atoms with E-state index in [1.807, 2.05) is 30.3 Å². The van der Waals surface area contributed by atoms with Crippen LogP contribution in [0.1, 0.15) is 17.3 Å². The summed E-state index contributed by atoms with van der Waals surface area (Å²) in [6.45, 7) is 1.88. The third-order valence-electron chi connectivity index (χ3n) is 2.67. The molecule has 98 valence electrons. The zero-order valence-electron chi connectivity index (χ0n) is 10.7. The quantitative estimate of drug-likeness (QED) is 0.877. The molecule has 0 saturated carbocycles. The van der Waals surface area contributed by atoms with Crippen molar-refractivity contribution in [2.24, 2.45) is 0 Å². The van der Waals surface area contributed by atoms with Crippen LogP contribution in [-0.2, 0) is 0 Å². The zero-order valence-corrected chi connectivity index (χ0v) is 10.7. The molecule has 1 amide bonds. The van der Waals surface area contributed by atoms with Crippen molar-refractivity contribution in [2.75, 3.05) is 6.54 Å². The van der Waals surface area contributed by atoms with Gasteiger partial charge in [0.1, 0.15) is 0 Å². The second-order valence-electron chi connectivity index (χ2n) is 4.35. The molecule has 0 radical (unpaired) electrons. The minimum Gasteiger partial charge on any atom is -0.392 e. The summed E-state index contributed by atoms with van der Waals surface area (Å²) in [7, 11) is 0. The van der Waals surface area contributed by atoms with Crippen LogP contribution in [0.5, 0.6) is 0 Å². The molecule has 1 aromatic carbocycles. The number of pyridine rings is 1. The number of carbonyl (C=O) groups is 1. The molecule has 1 atom stereocenters. The number of nitrogens with zero attached hydrogens (tertiary/aromatic N) is 1. The Kier molecular flexibility index (Phi) is 4.26. The summed E-state index contributed by atoms with van der Waals surface area (Å²) in [5.74, 6) is -0.187. The van der Waals surface area contributed by atoms with Gasteiger partial charge in [-0.2, -0.15) is 0 Å². The Bertz CT molecular complexity index is 536. The summed E-state index contributed by atoms with van der Waals surface area (Å²) >= 11 is 0. The predicted molar refractivity (Wildman–Crippen MR) is 73.7 cm³/mol. The van der Waals surface area contributed by atoms with Crippen LogP contribution in [-0.4, -0.2) is 28.6 Å². The molecule has 4 nitrogen and oxygen atoms in total. The van der Waals surface area contributed by atoms with E-state index in [1.54, 1.807) is 25.3 Å². The van der Waals surface area contributed by atoms with Gasteiger partial charge in [0.25, 0.3) is 5.91 Å². The number of carbonyl (C=O) groups excluding carboxylic acids is 1. The number of aliphatic hydroxyl groups is 1. The van der Waals surface area contributed by atoms with E-state index in [4.69, 9.17) is 5.11 Å². The standard InChI is InChI=1S/C15H16N2O2/c1-11(18)10-17-15(19)13-7-5-12(6-8-13)14-4-2-3-9-16-14/h2-9,11,18H,10H2,1H3,(H,17,19)/t11-/m0/s1. The zero-order chi connectivity index (χ0) is 13.7. The van der Waals surface area contributed by atoms with Crippen LogP contribution in [0.2, 0.25) is 0 Å². The van der Waals surface area contributed by atoms with Crippen molar-refractivity contribution < 1.29 is 9.90 Å². The van der Waals surface area contributed by atoms with E-state index in [1.165, 1.54) is 0 Å². The van der Waals surface area contributed by atoms with Crippen molar-refractivity contribution in [3.63, 3.8) is 0 Å². The molecule has 0 fully saturated rings. The van der Waals surface area contributed by atoms with Gasteiger partial charge in [0.2, 0.25) is 0 Å². The van der Waals surface area contributed by atoms with Gasteiger partial charge in [0, 0.05) is 23.9 Å². The molecule has 0 aliphatic heterocycles. The molecular weight excluding hydrogens is 240 g/mol. The number of rotatable bonds is 4. The van der Waals surface area contributed by atoms with Crippen molar-refractivity contribution in [1.82, 2.24) is 10.3 Å². The van der Waals surface area contributed by atoms with Crippen LogP contribution in [0.4, 0.5) is 0 Å². The van der Waals surface area contributed by atoms with Crippen molar-refractivity contribution in [3.05, 3.63) is 54.2 Å². The fourth-order valence-electron chi connectivity index (χ4n) is 1.67. The molecule has 2 N–H and O–H groups in total. The monoisotopic (exact) mass is 256 g/mol. The van der Waals surface area contributed by atoms with Gasteiger partial charge in [-0.05, 0) is 31.2 Å². The maximum Gasteiger partial charge on any atom is 0.251 e. The molecule has 2 aromatic rings. The second kappa shape index (κ2) is 6.11. The minimum atomic E-state index is -0.545. The summed E-state index contributed by atoms with van der Waals surface area (Å²) in [6, 6.07) is 12.9. The fraction of sp³-hybridized carbons (Fsp3) is 0.200.